The number of amides is 1. The topological polar surface area (TPSA) is 82.5 Å². The molecule has 0 saturated carbocycles. The van der Waals surface area contributed by atoms with E-state index in [4.69, 9.17) is 0 Å². The molecule has 4 rings (SSSR count). The van der Waals surface area contributed by atoms with Crippen molar-refractivity contribution in [3.05, 3.63) is 70.4 Å². The van der Waals surface area contributed by atoms with E-state index in [2.05, 4.69) is 4.98 Å². The first-order chi connectivity index (χ1) is 12.6. The van der Waals surface area contributed by atoms with Gasteiger partial charge in [-0.15, -0.1) is 0 Å². The minimum Gasteiger partial charge on any atom is -0.362 e. The second-order valence-electron chi connectivity index (χ2n) is 6.30. The molecule has 2 heterocycles. The standard InChI is InChI=1S/C19H18N4O3/c24-19(16-13-14-5-1-2-6-15(14)20-16)22-11-9-21(10-12-22)17-7-3-4-8-18(17)23(25)26/h1-8,13,20H,9-12H2. The van der Waals surface area contributed by atoms with E-state index < -0.39 is 0 Å². The number of nitro groups is 1. The number of hydrogen-bond acceptors (Lipinski definition) is 4. The summed E-state index contributed by atoms with van der Waals surface area (Å²) < 4.78 is 0. The average molecular weight is 350 g/mol. The SMILES string of the molecule is O=C(c1cc2ccccc2[nH]1)N1CCN(c2ccccc2[N+](=O)[O-])CC1. The number of carbonyl (C=O) groups excluding carboxylic acids is 1. The summed E-state index contributed by atoms with van der Waals surface area (Å²) in [4.78, 5) is 30.5. The zero-order valence-corrected chi connectivity index (χ0v) is 14.1. The van der Waals surface area contributed by atoms with E-state index in [9.17, 15) is 14.9 Å². The van der Waals surface area contributed by atoms with Gasteiger partial charge in [-0.3, -0.25) is 14.9 Å². The van der Waals surface area contributed by atoms with Gasteiger partial charge in [0.15, 0.2) is 0 Å². The van der Waals surface area contributed by atoms with Crippen molar-refractivity contribution in [3.8, 4) is 0 Å². The van der Waals surface area contributed by atoms with Crippen LogP contribution in [0.2, 0.25) is 0 Å². The maximum absolute atomic E-state index is 12.8. The van der Waals surface area contributed by atoms with Gasteiger partial charge < -0.3 is 14.8 Å². The van der Waals surface area contributed by atoms with Crippen molar-refractivity contribution in [1.82, 2.24) is 9.88 Å². The molecule has 1 saturated heterocycles. The molecule has 26 heavy (non-hydrogen) atoms. The summed E-state index contributed by atoms with van der Waals surface area (Å²) in [5.41, 5.74) is 2.22. The number of benzene rings is 2. The monoisotopic (exact) mass is 350 g/mol. The van der Waals surface area contributed by atoms with Crippen LogP contribution in [0, 0.1) is 10.1 Å². The largest absolute Gasteiger partial charge is 0.362 e. The number of rotatable bonds is 3. The molecule has 0 atom stereocenters. The van der Waals surface area contributed by atoms with Crippen molar-refractivity contribution in [1.29, 1.82) is 0 Å². The van der Waals surface area contributed by atoms with Crippen LogP contribution in [-0.4, -0.2) is 46.9 Å². The molecule has 0 aliphatic carbocycles. The summed E-state index contributed by atoms with van der Waals surface area (Å²) in [6.45, 7) is 2.19. The van der Waals surface area contributed by atoms with Gasteiger partial charge in [0.2, 0.25) is 0 Å². The predicted molar refractivity (Wildman–Crippen MR) is 99.5 cm³/mol. The third-order valence-corrected chi connectivity index (χ3v) is 4.75. The highest BCUT2D eigenvalue weighted by molar-refractivity contribution is 5.98. The number of nitrogens with one attached hydrogen (secondary N) is 1. The minimum atomic E-state index is -0.364. The fourth-order valence-corrected chi connectivity index (χ4v) is 3.40. The zero-order valence-electron chi connectivity index (χ0n) is 14.1. The number of carbonyl (C=O) groups is 1. The van der Waals surface area contributed by atoms with Crippen LogP contribution in [0.25, 0.3) is 10.9 Å². The van der Waals surface area contributed by atoms with E-state index in [-0.39, 0.29) is 16.5 Å². The highest BCUT2D eigenvalue weighted by atomic mass is 16.6. The molecule has 1 fully saturated rings. The van der Waals surface area contributed by atoms with E-state index in [0.29, 0.717) is 37.6 Å². The molecule has 0 unspecified atom stereocenters. The molecular formula is C19H18N4O3. The molecule has 7 heteroatoms. The number of para-hydroxylation sites is 3. The molecule has 1 N–H and O–H groups in total. The number of piperazine rings is 1. The van der Waals surface area contributed by atoms with E-state index in [1.54, 1.807) is 23.1 Å². The molecule has 0 bridgehead atoms. The van der Waals surface area contributed by atoms with Crippen LogP contribution < -0.4 is 4.90 Å². The van der Waals surface area contributed by atoms with E-state index in [0.717, 1.165) is 10.9 Å². The van der Waals surface area contributed by atoms with Crippen LogP contribution in [0.1, 0.15) is 10.5 Å². The molecule has 1 aromatic heterocycles. The fraction of sp³-hybridized carbons (Fsp3) is 0.211. The molecule has 7 nitrogen and oxygen atoms in total. The summed E-state index contributed by atoms with van der Waals surface area (Å²) in [6.07, 6.45) is 0. The number of anilines is 1. The number of hydrogen-bond donors (Lipinski definition) is 1. The highest BCUT2D eigenvalue weighted by Crippen LogP contribution is 2.28. The third kappa shape index (κ3) is 2.88. The molecule has 0 spiro atoms. The maximum atomic E-state index is 12.8. The lowest BCUT2D eigenvalue weighted by atomic mass is 10.2. The lowest BCUT2D eigenvalue weighted by molar-refractivity contribution is -0.384. The quantitative estimate of drug-likeness (QED) is 0.581. The second-order valence-corrected chi connectivity index (χ2v) is 6.30. The Kier molecular flexibility index (Phi) is 4.04. The van der Waals surface area contributed by atoms with Gasteiger partial charge in [0, 0.05) is 43.1 Å². The molecule has 1 aliphatic heterocycles. The summed E-state index contributed by atoms with van der Waals surface area (Å²) in [5.74, 6) is -0.0385. The number of nitro benzene ring substituents is 1. The fourth-order valence-electron chi connectivity index (χ4n) is 3.40. The van der Waals surface area contributed by atoms with E-state index >= 15 is 0 Å². The normalized spacial score (nSPS) is 14.6. The second kappa shape index (κ2) is 6.51. The Morgan fingerprint density at radius 2 is 1.69 bits per heavy atom. The lowest BCUT2D eigenvalue weighted by Gasteiger charge is -2.35. The predicted octanol–water partition coefficient (Wildman–Crippen LogP) is 3.04. The molecule has 1 amide bonds. The summed E-state index contributed by atoms with van der Waals surface area (Å²) >= 11 is 0. The van der Waals surface area contributed by atoms with Gasteiger partial charge in [-0.2, -0.15) is 0 Å². The Morgan fingerprint density at radius 1 is 1.00 bits per heavy atom. The molecule has 132 valence electrons. The van der Waals surface area contributed by atoms with Crippen LogP contribution in [0.5, 0.6) is 0 Å². The van der Waals surface area contributed by atoms with Crippen molar-refractivity contribution >= 4 is 28.2 Å². The van der Waals surface area contributed by atoms with Crippen LogP contribution in [-0.2, 0) is 0 Å². The van der Waals surface area contributed by atoms with Gasteiger partial charge in [0.05, 0.1) is 4.92 Å². The number of H-pyrrole nitrogens is 1. The maximum Gasteiger partial charge on any atom is 0.292 e. The van der Waals surface area contributed by atoms with Crippen LogP contribution in [0.4, 0.5) is 11.4 Å². The van der Waals surface area contributed by atoms with Crippen molar-refractivity contribution in [2.24, 2.45) is 0 Å². The number of nitrogens with zero attached hydrogens (tertiary/aromatic N) is 3. The molecular weight excluding hydrogens is 332 g/mol. The Bertz CT molecular complexity index is 941. The Hall–Kier alpha value is -3.35. The van der Waals surface area contributed by atoms with Crippen LogP contribution >= 0.6 is 0 Å². The molecule has 3 aromatic rings. The van der Waals surface area contributed by atoms with E-state index in [1.807, 2.05) is 35.2 Å². The van der Waals surface area contributed by atoms with E-state index in [1.165, 1.54) is 6.07 Å². The minimum absolute atomic E-state index is 0.0385. The van der Waals surface area contributed by atoms with Gasteiger partial charge in [-0.25, -0.2) is 0 Å². The van der Waals surface area contributed by atoms with Gasteiger partial charge in [0.25, 0.3) is 11.6 Å². The number of fused-ring (bicyclic) bond motifs is 1. The van der Waals surface area contributed by atoms with Crippen LogP contribution in [0.3, 0.4) is 0 Å². The molecule has 2 aromatic carbocycles. The summed E-state index contributed by atoms with van der Waals surface area (Å²) in [6, 6.07) is 16.4. The highest BCUT2D eigenvalue weighted by Gasteiger charge is 2.26. The van der Waals surface area contributed by atoms with Crippen molar-refractivity contribution in [2.75, 3.05) is 31.1 Å². The number of aromatic amines is 1. The Morgan fingerprint density at radius 3 is 2.42 bits per heavy atom. The first kappa shape index (κ1) is 16.1. The smallest absolute Gasteiger partial charge is 0.292 e. The molecule has 1 aliphatic rings. The first-order valence-corrected chi connectivity index (χ1v) is 8.49. The van der Waals surface area contributed by atoms with Gasteiger partial charge in [0.1, 0.15) is 11.4 Å². The Labute approximate surface area is 150 Å². The summed E-state index contributed by atoms with van der Waals surface area (Å²) in [7, 11) is 0. The van der Waals surface area contributed by atoms with Crippen molar-refractivity contribution < 1.29 is 9.72 Å². The molecule has 0 radical (unpaired) electrons. The van der Waals surface area contributed by atoms with Crippen molar-refractivity contribution in [2.45, 2.75) is 0 Å². The Balaban J connectivity index is 1.48. The van der Waals surface area contributed by atoms with Crippen LogP contribution in [0.15, 0.2) is 54.6 Å². The van der Waals surface area contributed by atoms with Crippen molar-refractivity contribution in [3.63, 3.8) is 0 Å². The lowest BCUT2D eigenvalue weighted by Crippen LogP contribution is -2.49. The van der Waals surface area contributed by atoms with Gasteiger partial charge in [-0.1, -0.05) is 30.3 Å². The van der Waals surface area contributed by atoms with Gasteiger partial charge >= 0.3 is 0 Å². The first-order valence-electron chi connectivity index (χ1n) is 8.49. The summed E-state index contributed by atoms with van der Waals surface area (Å²) in [5, 5.41) is 12.2. The zero-order chi connectivity index (χ0) is 18.1. The van der Waals surface area contributed by atoms with Gasteiger partial charge in [-0.05, 0) is 18.2 Å². The average Bonchev–Trinajstić information content (AvgIpc) is 3.12. The number of aromatic nitrogens is 1. The third-order valence-electron chi connectivity index (χ3n) is 4.75.